The van der Waals surface area contributed by atoms with E-state index in [1.54, 1.807) is 11.0 Å². The van der Waals surface area contributed by atoms with Crippen LogP contribution in [0.4, 0.5) is 10.1 Å². The van der Waals surface area contributed by atoms with Crippen LogP contribution in [-0.2, 0) is 6.54 Å². The van der Waals surface area contributed by atoms with Gasteiger partial charge in [0.1, 0.15) is 5.82 Å². The molecule has 1 aromatic carbocycles. The highest BCUT2D eigenvalue weighted by Gasteiger charge is 2.10. The van der Waals surface area contributed by atoms with Crippen LogP contribution in [0.1, 0.15) is 26.3 Å². The third-order valence-corrected chi connectivity index (χ3v) is 2.43. The van der Waals surface area contributed by atoms with Gasteiger partial charge in [-0.05, 0) is 38.5 Å². The Bertz CT molecular complexity index is 461. The standard InChI is InChI=1S/C14H23FN4/c1-14(2,3)18-13(16)17-9-10-6-7-12(19(4)5)11(15)8-10/h6-8H,9H2,1-5H3,(H3,16,17,18). The van der Waals surface area contributed by atoms with Gasteiger partial charge in [-0.2, -0.15) is 0 Å². The number of nitrogens with two attached hydrogens (primary N) is 1. The first-order chi connectivity index (χ1) is 8.69. The van der Waals surface area contributed by atoms with Crippen molar-refractivity contribution in [2.24, 2.45) is 10.7 Å². The normalized spacial score (nSPS) is 12.4. The Balaban J connectivity index is 2.74. The lowest BCUT2D eigenvalue weighted by Gasteiger charge is -2.21. The maximum Gasteiger partial charge on any atom is 0.189 e. The lowest BCUT2D eigenvalue weighted by Crippen LogP contribution is -2.44. The Morgan fingerprint density at radius 1 is 1.37 bits per heavy atom. The second kappa shape index (κ2) is 5.91. The van der Waals surface area contributed by atoms with E-state index in [4.69, 9.17) is 5.73 Å². The zero-order valence-corrected chi connectivity index (χ0v) is 12.3. The van der Waals surface area contributed by atoms with Crippen molar-refractivity contribution in [2.45, 2.75) is 32.9 Å². The van der Waals surface area contributed by atoms with E-state index >= 15 is 0 Å². The number of guanidine groups is 1. The minimum Gasteiger partial charge on any atom is -0.375 e. The van der Waals surface area contributed by atoms with Gasteiger partial charge < -0.3 is 16.0 Å². The van der Waals surface area contributed by atoms with E-state index < -0.39 is 0 Å². The van der Waals surface area contributed by atoms with Gasteiger partial charge in [0.2, 0.25) is 0 Å². The molecule has 106 valence electrons. The molecule has 0 aromatic heterocycles. The van der Waals surface area contributed by atoms with Crippen molar-refractivity contribution in [3.8, 4) is 0 Å². The van der Waals surface area contributed by atoms with Crippen molar-refractivity contribution < 1.29 is 4.39 Å². The fourth-order valence-electron chi connectivity index (χ4n) is 1.61. The van der Waals surface area contributed by atoms with Gasteiger partial charge in [-0.3, -0.25) is 0 Å². The molecule has 3 N–H and O–H groups in total. The van der Waals surface area contributed by atoms with Crippen molar-refractivity contribution in [3.05, 3.63) is 29.6 Å². The molecule has 1 rings (SSSR count). The quantitative estimate of drug-likeness (QED) is 0.650. The van der Waals surface area contributed by atoms with Crippen molar-refractivity contribution in [2.75, 3.05) is 19.0 Å². The molecule has 0 saturated carbocycles. The Hall–Kier alpha value is -1.78. The van der Waals surface area contributed by atoms with E-state index in [-0.39, 0.29) is 11.4 Å². The molecular formula is C14H23FN4. The van der Waals surface area contributed by atoms with Crippen molar-refractivity contribution >= 4 is 11.6 Å². The Labute approximate surface area is 114 Å². The van der Waals surface area contributed by atoms with Crippen LogP contribution < -0.4 is 16.0 Å². The summed E-state index contributed by atoms with van der Waals surface area (Å²) in [6.45, 7) is 6.36. The Morgan fingerprint density at radius 3 is 2.47 bits per heavy atom. The van der Waals surface area contributed by atoms with Crippen molar-refractivity contribution in [3.63, 3.8) is 0 Å². The summed E-state index contributed by atoms with van der Waals surface area (Å²) < 4.78 is 13.8. The zero-order valence-electron chi connectivity index (χ0n) is 12.3. The van der Waals surface area contributed by atoms with E-state index in [0.717, 1.165) is 5.56 Å². The summed E-state index contributed by atoms with van der Waals surface area (Å²) in [6.07, 6.45) is 0. The highest BCUT2D eigenvalue weighted by atomic mass is 19.1. The Morgan fingerprint density at radius 2 is 2.00 bits per heavy atom. The number of hydrogen-bond donors (Lipinski definition) is 2. The first kappa shape index (κ1) is 15.3. The molecule has 5 heteroatoms. The predicted octanol–water partition coefficient (Wildman–Crippen LogP) is 2.09. The molecule has 0 atom stereocenters. The minimum atomic E-state index is -0.250. The average molecular weight is 266 g/mol. The van der Waals surface area contributed by atoms with Gasteiger partial charge in [0.15, 0.2) is 5.96 Å². The lowest BCUT2D eigenvalue weighted by molar-refractivity contribution is 0.508. The Kier molecular flexibility index (Phi) is 4.75. The zero-order chi connectivity index (χ0) is 14.6. The maximum absolute atomic E-state index is 13.8. The summed E-state index contributed by atoms with van der Waals surface area (Å²) in [5.41, 5.74) is 6.99. The monoisotopic (exact) mass is 266 g/mol. The molecule has 0 fully saturated rings. The summed E-state index contributed by atoms with van der Waals surface area (Å²) in [7, 11) is 3.61. The van der Waals surface area contributed by atoms with Gasteiger partial charge in [-0.1, -0.05) is 6.07 Å². The van der Waals surface area contributed by atoms with E-state index in [9.17, 15) is 4.39 Å². The van der Waals surface area contributed by atoms with Crippen LogP contribution in [0, 0.1) is 5.82 Å². The highest BCUT2D eigenvalue weighted by molar-refractivity contribution is 5.78. The molecule has 0 saturated heterocycles. The second-order valence-corrected chi connectivity index (χ2v) is 5.76. The fourth-order valence-corrected chi connectivity index (χ4v) is 1.61. The maximum atomic E-state index is 13.8. The van der Waals surface area contributed by atoms with Gasteiger partial charge in [0.05, 0.1) is 12.2 Å². The molecule has 0 unspecified atom stereocenters. The van der Waals surface area contributed by atoms with Crippen LogP contribution in [0.3, 0.4) is 0 Å². The van der Waals surface area contributed by atoms with Crippen molar-refractivity contribution in [1.29, 1.82) is 0 Å². The SMILES string of the molecule is CN(C)c1ccc(CN=C(N)NC(C)(C)C)cc1F. The smallest absolute Gasteiger partial charge is 0.189 e. The molecule has 0 bridgehead atoms. The third-order valence-electron chi connectivity index (χ3n) is 2.43. The number of rotatable bonds is 3. The third kappa shape index (κ3) is 5.16. The van der Waals surface area contributed by atoms with Gasteiger partial charge in [-0.25, -0.2) is 9.38 Å². The van der Waals surface area contributed by atoms with Crippen LogP contribution >= 0.6 is 0 Å². The highest BCUT2D eigenvalue weighted by Crippen LogP contribution is 2.18. The summed E-state index contributed by atoms with van der Waals surface area (Å²) >= 11 is 0. The van der Waals surface area contributed by atoms with Gasteiger partial charge in [0, 0.05) is 19.6 Å². The van der Waals surface area contributed by atoms with E-state index in [1.165, 1.54) is 6.07 Å². The number of hydrogen-bond acceptors (Lipinski definition) is 2. The minimum absolute atomic E-state index is 0.131. The summed E-state index contributed by atoms with van der Waals surface area (Å²) in [4.78, 5) is 5.93. The molecule has 0 aliphatic heterocycles. The van der Waals surface area contributed by atoms with E-state index in [1.807, 2.05) is 40.9 Å². The average Bonchev–Trinajstić information content (AvgIpc) is 2.23. The molecule has 0 heterocycles. The molecule has 0 amide bonds. The van der Waals surface area contributed by atoms with Gasteiger partial charge in [0.25, 0.3) is 0 Å². The number of benzene rings is 1. The van der Waals surface area contributed by atoms with Crippen LogP contribution in [0.2, 0.25) is 0 Å². The summed E-state index contributed by atoms with van der Waals surface area (Å²) in [6, 6.07) is 5.09. The summed E-state index contributed by atoms with van der Waals surface area (Å²) in [5.74, 6) is 0.115. The van der Waals surface area contributed by atoms with Gasteiger partial charge in [-0.15, -0.1) is 0 Å². The predicted molar refractivity (Wildman–Crippen MR) is 78.9 cm³/mol. The number of aliphatic imine (C=N–C) groups is 1. The molecule has 4 nitrogen and oxygen atoms in total. The molecule has 19 heavy (non-hydrogen) atoms. The number of nitrogens with one attached hydrogen (secondary N) is 1. The first-order valence-corrected chi connectivity index (χ1v) is 6.23. The van der Waals surface area contributed by atoms with Crippen LogP contribution in [-0.4, -0.2) is 25.6 Å². The number of nitrogens with zero attached hydrogens (tertiary/aromatic N) is 2. The molecule has 0 radical (unpaired) electrons. The molecular weight excluding hydrogens is 243 g/mol. The van der Waals surface area contributed by atoms with Crippen LogP contribution in [0.25, 0.3) is 0 Å². The largest absolute Gasteiger partial charge is 0.375 e. The fraction of sp³-hybridized carbons (Fsp3) is 0.500. The van der Waals surface area contributed by atoms with Crippen LogP contribution in [0.5, 0.6) is 0 Å². The lowest BCUT2D eigenvalue weighted by atomic mass is 10.1. The van der Waals surface area contributed by atoms with Crippen molar-refractivity contribution in [1.82, 2.24) is 5.32 Å². The molecule has 0 spiro atoms. The topological polar surface area (TPSA) is 53.6 Å². The summed E-state index contributed by atoms with van der Waals surface area (Å²) in [5, 5.41) is 3.06. The van der Waals surface area contributed by atoms with E-state index in [0.29, 0.717) is 18.2 Å². The van der Waals surface area contributed by atoms with Crippen LogP contribution in [0.15, 0.2) is 23.2 Å². The number of halogens is 1. The molecule has 0 aliphatic carbocycles. The van der Waals surface area contributed by atoms with E-state index in [2.05, 4.69) is 10.3 Å². The number of anilines is 1. The second-order valence-electron chi connectivity index (χ2n) is 5.76. The first-order valence-electron chi connectivity index (χ1n) is 6.23. The molecule has 1 aromatic rings. The molecule has 0 aliphatic rings. The van der Waals surface area contributed by atoms with Gasteiger partial charge >= 0.3 is 0 Å².